The van der Waals surface area contributed by atoms with Crippen molar-refractivity contribution in [3.05, 3.63) is 0 Å². The minimum atomic E-state index is 0.648. The second-order valence-electron chi connectivity index (χ2n) is 4.70. The van der Waals surface area contributed by atoms with Crippen molar-refractivity contribution in [2.45, 2.75) is 51.1 Å². The van der Waals surface area contributed by atoms with E-state index in [-0.39, 0.29) is 0 Å². The lowest BCUT2D eigenvalue weighted by Crippen LogP contribution is -2.41. The van der Waals surface area contributed by atoms with E-state index in [1.165, 1.54) is 32.1 Å². The molecule has 1 aliphatic heterocycles. The highest BCUT2D eigenvalue weighted by molar-refractivity contribution is 4.81. The molecule has 0 spiro atoms. The number of nitrogens with one attached hydrogen (secondary N) is 1. The zero-order valence-corrected chi connectivity index (χ0v) is 8.59. The lowest BCUT2D eigenvalue weighted by Gasteiger charge is -2.29. The van der Waals surface area contributed by atoms with Gasteiger partial charge in [0.2, 0.25) is 0 Å². The van der Waals surface area contributed by atoms with E-state index in [4.69, 9.17) is 4.74 Å². The number of rotatable bonds is 2. The van der Waals surface area contributed by atoms with Crippen molar-refractivity contribution in [1.82, 2.24) is 5.32 Å². The third kappa shape index (κ3) is 2.68. The molecule has 0 aromatic heterocycles. The van der Waals surface area contributed by atoms with Gasteiger partial charge in [0.05, 0.1) is 6.61 Å². The molecule has 1 saturated heterocycles. The van der Waals surface area contributed by atoms with E-state index in [0.29, 0.717) is 6.04 Å². The van der Waals surface area contributed by atoms with Gasteiger partial charge < -0.3 is 10.1 Å². The van der Waals surface area contributed by atoms with Crippen LogP contribution in [0.4, 0.5) is 0 Å². The number of hydrogen-bond donors (Lipinski definition) is 1. The van der Waals surface area contributed by atoms with Crippen molar-refractivity contribution in [3.63, 3.8) is 0 Å². The molecule has 0 aromatic carbocycles. The van der Waals surface area contributed by atoms with Crippen molar-refractivity contribution in [3.8, 4) is 0 Å². The Labute approximate surface area is 81.0 Å². The van der Waals surface area contributed by atoms with Crippen LogP contribution in [0.1, 0.15) is 39.0 Å². The van der Waals surface area contributed by atoms with Crippen LogP contribution in [0.15, 0.2) is 0 Å². The van der Waals surface area contributed by atoms with Gasteiger partial charge in [-0.1, -0.05) is 19.8 Å². The van der Waals surface area contributed by atoms with Crippen LogP contribution in [-0.4, -0.2) is 25.3 Å². The van der Waals surface area contributed by atoms with Gasteiger partial charge in [-0.2, -0.15) is 0 Å². The van der Waals surface area contributed by atoms with Gasteiger partial charge in [-0.25, -0.2) is 0 Å². The standard InChI is InChI=1S/C11H21NO/c1-9-3-2-4-10(7-9)12-11-5-6-13-8-11/h9-12H,2-8H2,1H3/t9-,10+,11?/m0/s1. The summed E-state index contributed by atoms with van der Waals surface area (Å²) in [6.45, 7) is 4.27. The zero-order valence-electron chi connectivity index (χ0n) is 8.59. The van der Waals surface area contributed by atoms with Gasteiger partial charge >= 0.3 is 0 Å². The molecule has 0 amide bonds. The summed E-state index contributed by atoms with van der Waals surface area (Å²) < 4.78 is 5.36. The smallest absolute Gasteiger partial charge is 0.0620 e. The molecule has 1 saturated carbocycles. The monoisotopic (exact) mass is 183 g/mol. The Balaban J connectivity index is 1.73. The summed E-state index contributed by atoms with van der Waals surface area (Å²) >= 11 is 0. The molecule has 76 valence electrons. The van der Waals surface area contributed by atoms with Gasteiger partial charge in [0.15, 0.2) is 0 Å². The fourth-order valence-corrected chi connectivity index (χ4v) is 2.58. The molecule has 3 atom stereocenters. The van der Waals surface area contributed by atoms with Gasteiger partial charge in [-0.15, -0.1) is 0 Å². The van der Waals surface area contributed by atoms with Crippen LogP contribution in [0.3, 0.4) is 0 Å². The first-order valence-corrected chi connectivity index (χ1v) is 5.68. The summed E-state index contributed by atoms with van der Waals surface area (Å²) in [6.07, 6.45) is 6.80. The van der Waals surface area contributed by atoms with E-state index in [1.54, 1.807) is 0 Å². The maximum absolute atomic E-state index is 5.36. The third-order valence-corrected chi connectivity index (χ3v) is 3.34. The molecular formula is C11H21NO. The first-order chi connectivity index (χ1) is 6.34. The van der Waals surface area contributed by atoms with Gasteiger partial charge in [0.25, 0.3) is 0 Å². The van der Waals surface area contributed by atoms with E-state index in [2.05, 4.69) is 12.2 Å². The molecule has 2 rings (SSSR count). The topological polar surface area (TPSA) is 21.3 Å². The summed E-state index contributed by atoms with van der Waals surface area (Å²) in [6, 6.07) is 1.42. The Morgan fingerprint density at radius 2 is 2.08 bits per heavy atom. The molecule has 0 bridgehead atoms. The number of hydrogen-bond acceptors (Lipinski definition) is 2. The van der Waals surface area contributed by atoms with Gasteiger partial charge in [-0.05, 0) is 25.2 Å². The molecule has 0 radical (unpaired) electrons. The zero-order chi connectivity index (χ0) is 9.10. The largest absolute Gasteiger partial charge is 0.380 e. The van der Waals surface area contributed by atoms with Crippen LogP contribution in [0.2, 0.25) is 0 Å². The fourth-order valence-electron chi connectivity index (χ4n) is 2.58. The Morgan fingerprint density at radius 1 is 1.15 bits per heavy atom. The first kappa shape index (κ1) is 9.47. The highest BCUT2D eigenvalue weighted by Gasteiger charge is 2.23. The molecule has 2 nitrogen and oxygen atoms in total. The van der Waals surface area contributed by atoms with Crippen LogP contribution in [0.25, 0.3) is 0 Å². The minimum absolute atomic E-state index is 0.648. The molecule has 13 heavy (non-hydrogen) atoms. The van der Waals surface area contributed by atoms with Crippen molar-refractivity contribution >= 4 is 0 Å². The average Bonchev–Trinajstić information content (AvgIpc) is 2.57. The van der Waals surface area contributed by atoms with Gasteiger partial charge in [-0.3, -0.25) is 0 Å². The normalized spacial score (nSPS) is 40.8. The van der Waals surface area contributed by atoms with Crippen LogP contribution in [0, 0.1) is 5.92 Å². The predicted molar refractivity (Wildman–Crippen MR) is 53.8 cm³/mol. The SMILES string of the molecule is C[C@H]1CCC[C@@H](NC2CCOC2)C1. The van der Waals surface area contributed by atoms with Crippen molar-refractivity contribution < 1.29 is 4.74 Å². The second kappa shape index (κ2) is 4.43. The number of ether oxygens (including phenoxy) is 1. The Bertz CT molecular complexity index is 154. The quantitative estimate of drug-likeness (QED) is 0.706. The minimum Gasteiger partial charge on any atom is -0.380 e. The summed E-state index contributed by atoms with van der Waals surface area (Å²) in [4.78, 5) is 0. The molecular weight excluding hydrogens is 162 g/mol. The molecule has 2 fully saturated rings. The van der Waals surface area contributed by atoms with Crippen LogP contribution in [0.5, 0.6) is 0 Å². The first-order valence-electron chi connectivity index (χ1n) is 5.68. The fraction of sp³-hybridized carbons (Fsp3) is 1.00. The molecule has 1 N–H and O–H groups in total. The van der Waals surface area contributed by atoms with Crippen molar-refractivity contribution in [2.75, 3.05) is 13.2 Å². The molecule has 0 aromatic rings. The Kier molecular flexibility index (Phi) is 3.23. The molecule has 1 unspecified atom stereocenters. The highest BCUT2D eigenvalue weighted by Crippen LogP contribution is 2.24. The van der Waals surface area contributed by atoms with Crippen LogP contribution >= 0.6 is 0 Å². The molecule has 2 aliphatic rings. The highest BCUT2D eigenvalue weighted by atomic mass is 16.5. The average molecular weight is 183 g/mol. The van der Waals surface area contributed by atoms with Crippen LogP contribution in [-0.2, 0) is 4.74 Å². The summed E-state index contributed by atoms with van der Waals surface area (Å²) in [7, 11) is 0. The Hall–Kier alpha value is -0.0800. The summed E-state index contributed by atoms with van der Waals surface area (Å²) in [5.74, 6) is 0.925. The van der Waals surface area contributed by atoms with Crippen LogP contribution < -0.4 is 5.32 Å². The van der Waals surface area contributed by atoms with E-state index in [0.717, 1.165) is 25.2 Å². The molecule has 1 heterocycles. The maximum atomic E-state index is 5.36. The lowest BCUT2D eigenvalue weighted by molar-refractivity contribution is 0.183. The van der Waals surface area contributed by atoms with Gasteiger partial charge in [0, 0.05) is 18.7 Å². The van der Waals surface area contributed by atoms with E-state index in [9.17, 15) is 0 Å². The van der Waals surface area contributed by atoms with Crippen molar-refractivity contribution in [1.29, 1.82) is 0 Å². The summed E-state index contributed by atoms with van der Waals surface area (Å²) in [5, 5.41) is 3.72. The lowest BCUT2D eigenvalue weighted by atomic mass is 9.87. The van der Waals surface area contributed by atoms with E-state index < -0.39 is 0 Å². The second-order valence-corrected chi connectivity index (χ2v) is 4.70. The third-order valence-electron chi connectivity index (χ3n) is 3.34. The molecule has 1 aliphatic carbocycles. The summed E-state index contributed by atoms with van der Waals surface area (Å²) in [5.41, 5.74) is 0. The van der Waals surface area contributed by atoms with Crippen molar-refractivity contribution in [2.24, 2.45) is 5.92 Å². The molecule has 2 heteroatoms. The van der Waals surface area contributed by atoms with E-state index in [1.807, 2.05) is 0 Å². The predicted octanol–water partition coefficient (Wildman–Crippen LogP) is 1.94. The maximum Gasteiger partial charge on any atom is 0.0620 e. The van der Waals surface area contributed by atoms with E-state index >= 15 is 0 Å². The van der Waals surface area contributed by atoms with Gasteiger partial charge in [0.1, 0.15) is 0 Å². The Morgan fingerprint density at radius 3 is 2.77 bits per heavy atom.